The topological polar surface area (TPSA) is 86.8 Å². The number of aliphatic hydroxyl groups is 1. The van der Waals surface area contributed by atoms with Crippen molar-refractivity contribution in [2.75, 3.05) is 13.2 Å². The predicted molar refractivity (Wildman–Crippen MR) is 26.0 cm³/mol. The Morgan fingerprint density at radius 2 is 2.25 bits per heavy atom. The zero-order valence-electron chi connectivity index (χ0n) is 4.24. The third kappa shape index (κ3) is 2.38. The van der Waals surface area contributed by atoms with Gasteiger partial charge < -0.3 is 10.2 Å². The number of nitrogens with zero attached hydrogens (tertiary/aromatic N) is 1. The summed E-state index contributed by atoms with van der Waals surface area (Å²) in [5.74, 6) is 4.80. The maximum absolute atomic E-state index is 9.78. The van der Waals surface area contributed by atoms with E-state index in [1.165, 1.54) is 0 Å². The summed E-state index contributed by atoms with van der Waals surface area (Å²) < 4.78 is 0. The molecule has 48 valence electrons. The van der Waals surface area contributed by atoms with Gasteiger partial charge in [0.15, 0.2) is 0 Å². The minimum absolute atomic E-state index is 0.0463. The molecule has 4 N–H and O–H groups in total. The highest BCUT2D eigenvalue weighted by Gasteiger charge is 2.01. The van der Waals surface area contributed by atoms with Crippen LogP contribution in [0.2, 0.25) is 0 Å². The Balaban J connectivity index is 3.32. The Kier molecular flexibility index (Phi) is 2.90. The Bertz CT molecular complexity index is 84.6. The van der Waals surface area contributed by atoms with Crippen LogP contribution in [0.1, 0.15) is 0 Å². The molecule has 0 radical (unpaired) electrons. The molecule has 0 aromatic carbocycles. The van der Waals surface area contributed by atoms with E-state index >= 15 is 0 Å². The minimum Gasteiger partial charge on any atom is -0.464 e. The first kappa shape index (κ1) is 7.19. The van der Waals surface area contributed by atoms with Crippen molar-refractivity contribution < 1.29 is 15.0 Å². The van der Waals surface area contributed by atoms with Gasteiger partial charge in [0.2, 0.25) is 0 Å². The maximum Gasteiger partial charge on any atom is 0.421 e. The molecule has 0 aliphatic rings. The molecule has 8 heavy (non-hydrogen) atoms. The molecular formula is C3H8N2O3. The van der Waals surface area contributed by atoms with Crippen LogP contribution in [0.5, 0.6) is 0 Å². The van der Waals surface area contributed by atoms with E-state index in [0.717, 1.165) is 0 Å². The highest BCUT2D eigenvalue weighted by Crippen LogP contribution is 1.74. The van der Waals surface area contributed by atoms with Crippen LogP contribution in [0.15, 0.2) is 0 Å². The van der Waals surface area contributed by atoms with E-state index < -0.39 is 6.09 Å². The first-order chi connectivity index (χ1) is 3.68. The fourth-order valence-electron chi connectivity index (χ4n) is 0.203. The van der Waals surface area contributed by atoms with E-state index in [9.17, 15) is 4.79 Å². The smallest absolute Gasteiger partial charge is 0.421 e. The molecule has 0 saturated heterocycles. The fraction of sp³-hybridized carbons (Fsp3) is 0.667. The summed E-state index contributed by atoms with van der Waals surface area (Å²) in [4.78, 5) is 9.78. The van der Waals surface area contributed by atoms with Gasteiger partial charge in [0.1, 0.15) is 0 Å². The third-order valence-corrected chi connectivity index (χ3v) is 0.587. The Morgan fingerprint density at radius 3 is 2.38 bits per heavy atom. The molecule has 0 fully saturated rings. The number of hydrogen-bond acceptors (Lipinski definition) is 3. The number of hydrazine groups is 1. The summed E-state index contributed by atoms with van der Waals surface area (Å²) in [6.07, 6.45) is -1.24. The predicted octanol–water partition coefficient (Wildman–Crippen LogP) is -1.17. The van der Waals surface area contributed by atoms with Crippen LogP contribution in [-0.4, -0.2) is 34.5 Å². The van der Waals surface area contributed by atoms with Gasteiger partial charge in [-0.2, -0.15) is 0 Å². The number of hydrogen-bond donors (Lipinski definition) is 3. The van der Waals surface area contributed by atoms with E-state index in [1.54, 1.807) is 0 Å². The molecule has 0 atom stereocenters. The van der Waals surface area contributed by atoms with Crippen LogP contribution >= 0.6 is 0 Å². The monoisotopic (exact) mass is 120 g/mol. The Morgan fingerprint density at radius 1 is 1.75 bits per heavy atom. The quantitative estimate of drug-likeness (QED) is 0.243. The first-order valence-electron chi connectivity index (χ1n) is 2.04. The standard InChI is InChI=1S/C3H8N2O3/c4-5(1-2-6)3(7)8/h6H,1-2,4H2,(H,7,8). The fourth-order valence-corrected chi connectivity index (χ4v) is 0.203. The summed E-state index contributed by atoms with van der Waals surface area (Å²) in [5, 5.41) is 16.6. The molecule has 0 aromatic rings. The molecule has 0 bridgehead atoms. The first-order valence-corrected chi connectivity index (χ1v) is 2.04. The van der Waals surface area contributed by atoms with Gasteiger partial charge in [-0.05, 0) is 0 Å². The maximum atomic E-state index is 9.78. The van der Waals surface area contributed by atoms with E-state index in [2.05, 4.69) is 0 Å². The molecule has 5 nitrogen and oxygen atoms in total. The van der Waals surface area contributed by atoms with Crippen molar-refractivity contribution in [3.05, 3.63) is 0 Å². The number of nitrogens with two attached hydrogens (primary N) is 1. The molecule has 0 saturated carbocycles. The molecule has 0 aliphatic heterocycles. The van der Waals surface area contributed by atoms with Gasteiger partial charge in [-0.25, -0.2) is 15.6 Å². The van der Waals surface area contributed by atoms with Crippen LogP contribution < -0.4 is 5.84 Å². The van der Waals surface area contributed by atoms with Crippen LogP contribution in [-0.2, 0) is 0 Å². The average molecular weight is 120 g/mol. The Labute approximate surface area is 46.3 Å². The van der Waals surface area contributed by atoms with E-state index in [0.29, 0.717) is 5.01 Å². The van der Waals surface area contributed by atoms with Crippen molar-refractivity contribution in [3.63, 3.8) is 0 Å². The number of amides is 1. The second kappa shape index (κ2) is 3.23. The Hall–Kier alpha value is -0.810. The molecule has 0 aromatic heterocycles. The molecule has 0 unspecified atom stereocenters. The van der Waals surface area contributed by atoms with Crippen molar-refractivity contribution in [1.82, 2.24) is 5.01 Å². The third-order valence-electron chi connectivity index (χ3n) is 0.587. The van der Waals surface area contributed by atoms with Crippen LogP contribution in [0.25, 0.3) is 0 Å². The van der Waals surface area contributed by atoms with Crippen LogP contribution in [0.4, 0.5) is 4.79 Å². The zero-order chi connectivity index (χ0) is 6.57. The molecule has 0 aliphatic carbocycles. The number of rotatable bonds is 2. The molecule has 0 spiro atoms. The van der Waals surface area contributed by atoms with Gasteiger partial charge in [0.05, 0.1) is 13.2 Å². The summed E-state index contributed by atoms with van der Waals surface area (Å²) in [5.41, 5.74) is 0. The van der Waals surface area contributed by atoms with Crippen LogP contribution in [0.3, 0.4) is 0 Å². The average Bonchev–Trinajstić information content (AvgIpc) is 1.67. The number of carbonyl (C=O) groups is 1. The van der Waals surface area contributed by atoms with Gasteiger partial charge in [0, 0.05) is 0 Å². The number of carboxylic acid groups (broad SMARTS) is 1. The number of aliphatic hydroxyl groups excluding tert-OH is 1. The summed E-state index contributed by atoms with van der Waals surface area (Å²) in [6, 6.07) is 0. The van der Waals surface area contributed by atoms with Gasteiger partial charge >= 0.3 is 6.09 Å². The summed E-state index contributed by atoms with van der Waals surface area (Å²) in [7, 11) is 0. The van der Waals surface area contributed by atoms with Gasteiger partial charge in [-0.15, -0.1) is 0 Å². The van der Waals surface area contributed by atoms with E-state index in [-0.39, 0.29) is 13.2 Å². The molecular weight excluding hydrogens is 112 g/mol. The van der Waals surface area contributed by atoms with Crippen molar-refractivity contribution in [1.29, 1.82) is 0 Å². The van der Waals surface area contributed by atoms with Crippen LogP contribution in [0, 0.1) is 0 Å². The lowest BCUT2D eigenvalue weighted by atomic mass is 10.7. The van der Waals surface area contributed by atoms with Crippen molar-refractivity contribution in [2.24, 2.45) is 5.84 Å². The lowest BCUT2D eigenvalue weighted by Crippen LogP contribution is -2.38. The van der Waals surface area contributed by atoms with Gasteiger partial charge in [0.25, 0.3) is 0 Å². The lowest BCUT2D eigenvalue weighted by molar-refractivity contribution is 0.133. The highest BCUT2D eigenvalue weighted by atomic mass is 16.4. The van der Waals surface area contributed by atoms with Crippen molar-refractivity contribution >= 4 is 6.09 Å². The second-order valence-corrected chi connectivity index (χ2v) is 1.20. The SMILES string of the molecule is NN(CCO)C(=O)O. The second-order valence-electron chi connectivity index (χ2n) is 1.20. The van der Waals surface area contributed by atoms with Crippen molar-refractivity contribution in [3.8, 4) is 0 Å². The van der Waals surface area contributed by atoms with Crippen molar-refractivity contribution in [2.45, 2.75) is 0 Å². The lowest BCUT2D eigenvalue weighted by Gasteiger charge is -2.08. The van der Waals surface area contributed by atoms with Gasteiger partial charge in [-0.1, -0.05) is 0 Å². The summed E-state index contributed by atoms with van der Waals surface area (Å²) >= 11 is 0. The minimum atomic E-state index is -1.24. The molecule has 1 amide bonds. The molecule has 0 heterocycles. The van der Waals surface area contributed by atoms with E-state index in [1.807, 2.05) is 0 Å². The zero-order valence-corrected chi connectivity index (χ0v) is 4.24. The van der Waals surface area contributed by atoms with Gasteiger partial charge in [-0.3, -0.25) is 0 Å². The molecule has 0 rings (SSSR count). The largest absolute Gasteiger partial charge is 0.464 e. The molecule has 5 heteroatoms. The summed E-state index contributed by atoms with van der Waals surface area (Å²) in [6.45, 7) is -0.294. The normalized spacial score (nSPS) is 8.75. The highest BCUT2D eigenvalue weighted by molar-refractivity contribution is 5.63. The van der Waals surface area contributed by atoms with E-state index in [4.69, 9.17) is 16.1 Å².